The third kappa shape index (κ3) is 1.65. The Hall–Kier alpha value is -1.30. The lowest BCUT2D eigenvalue weighted by Gasteiger charge is -1.92. The molecule has 0 fully saturated rings. The highest BCUT2D eigenvalue weighted by Gasteiger charge is 2.12. The van der Waals surface area contributed by atoms with Crippen LogP contribution in [0.5, 0.6) is 0 Å². The molecule has 0 aliphatic rings. The van der Waals surface area contributed by atoms with Crippen molar-refractivity contribution in [2.45, 2.75) is 0 Å². The van der Waals surface area contributed by atoms with E-state index in [2.05, 4.69) is 20.9 Å². The first-order chi connectivity index (χ1) is 5.65. The van der Waals surface area contributed by atoms with Crippen molar-refractivity contribution in [2.75, 3.05) is 0 Å². The molecule has 1 aromatic heterocycles. The highest BCUT2D eigenvalue weighted by Crippen LogP contribution is 2.16. The summed E-state index contributed by atoms with van der Waals surface area (Å²) in [6, 6.07) is 2.63. The summed E-state index contributed by atoms with van der Waals surface area (Å²) >= 11 is 3.02. The van der Waals surface area contributed by atoms with Crippen molar-refractivity contribution in [1.82, 2.24) is 4.98 Å². The van der Waals surface area contributed by atoms with Crippen molar-refractivity contribution < 1.29 is 9.72 Å². The minimum atomic E-state index is -0.653. The van der Waals surface area contributed by atoms with Gasteiger partial charge in [-0.05, 0) is 31.9 Å². The van der Waals surface area contributed by atoms with Crippen LogP contribution >= 0.6 is 15.9 Å². The molecule has 0 spiro atoms. The SMILES string of the molecule is O=Cc1nc([N+](=O)[O-])ccc1Br. The van der Waals surface area contributed by atoms with E-state index in [0.29, 0.717) is 10.8 Å². The Morgan fingerprint density at radius 1 is 1.58 bits per heavy atom. The van der Waals surface area contributed by atoms with Gasteiger partial charge in [-0.25, -0.2) is 0 Å². The van der Waals surface area contributed by atoms with Gasteiger partial charge in [0.25, 0.3) is 0 Å². The zero-order chi connectivity index (χ0) is 9.14. The van der Waals surface area contributed by atoms with E-state index < -0.39 is 4.92 Å². The van der Waals surface area contributed by atoms with E-state index in [1.807, 2.05) is 0 Å². The number of hydrogen-bond acceptors (Lipinski definition) is 4. The maximum atomic E-state index is 10.3. The maximum Gasteiger partial charge on any atom is 0.364 e. The number of carbonyl (C=O) groups is 1. The van der Waals surface area contributed by atoms with Crippen LogP contribution in [0.1, 0.15) is 10.5 Å². The second-order valence-corrected chi connectivity index (χ2v) is 2.77. The van der Waals surface area contributed by atoms with Crippen LogP contribution in [0.15, 0.2) is 16.6 Å². The quantitative estimate of drug-likeness (QED) is 0.439. The smallest absolute Gasteiger partial charge is 0.358 e. The van der Waals surface area contributed by atoms with Crippen LogP contribution in [-0.2, 0) is 0 Å². The molecule has 0 aromatic carbocycles. The van der Waals surface area contributed by atoms with E-state index in [1.165, 1.54) is 12.1 Å². The van der Waals surface area contributed by atoms with Gasteiger partial charge in [-0.15, -0.1) is 0 Å². The Kier molecular flexibility index (Phi) is 2.49. The first-order valence-corrected chi connectivity index (χ1v) is 3.70. The molecule has 5 nitrogen and oxygen atoms in total. The zero-order valence-corrected chi connectivity index (χ0v) is 7.32. The first kappa shape index (κ1) is 8.79. The summed E-state index contributed by atoms with van der Waals surface area (Å²) in [5.41, 5.74) is 0.0317. The molecule has 1 heterocycles. The Bertz CT molecular complexity index is 340. The standard InChI is InChI=1S/C6H3BrN2O3/c7-4-1-2-6(9(11)12)8-5(4)3-10/h1-3H. The summed E-state index contributed by atoms with van der Waals surface area (Å²) in [6.45, 7) is 0. The third-order valence-electron chi connectivity index (χ3n) is 1.16. The van der Waals surface area contributed by atoms with E-state index in [9.17, 15) is 14.9 Å². The van der Waals surface area contributed by atoms with Crippen molar-refractivity contribution in [2.24, 2.45) is 0 Å². The van der Waals surface area contributed by atoms with E-state index in [4.69, 9.17) is 0 Å². The maximum absolute atomic E-state index is 10.3. The number of halogens is 1. The van der Waals surface area contributed by atoms with Gasteiger partial charge in [0.15, 0.2) is 6.29 Å². The van der Waals surface area contributed by atoms with Crippen molar-refractivity contribution in [1.29, 1.82) is 0 Å². The number of nitro groups is 1. The average Bonchev–Trinajstić information content (AvgIpc) is 2.05. The molecule has 0 amide bonds. The summed E-state index contributed by atoms with van der Waals surface area (Å²) in [5, 5.41) is 10.2. The molecule has 6 heteroatoms. The molecular weight excluding hydrogens is 228 g/mol. The number of carbonyl (C=O) groups excluding carboxylic acids is 1. The van der Waals surface area contributed by atoms with Gasteiger partial charge in [0, 0.05) is 6.07 Å². The summed E-state index contributed by atoms with van der Waals surface area (Å²) < 4.78 is 0.447. The van der Waals surface area contributed by atoms with Gasteiger partial charge in [0.2, 0.25) is 5.69 Å². The molecule has 0 bridgehead atoms. The molecule has 0 aliphatic heterocycles. The molecule has 0 aliphatic carbocycles. The number of hydrogen-bond donors (Lipinski definition) is 0. The molecule has 0 radical (unpaired) electrons. The number of nitrogens with zero attached hydrogens (tertiary/aromatic N) is 2. The van der Waals surface area contributed by atoms with Gasteiger partial charge < -0.3 is 10.1 Å². The summed E-state index contributed by atoms with van der Waals surface area (Å²) in [5.74, 6) is -0.333. The third-order valence-corrected chi connectivity index (χ3v) is 1.83. The second-order valence-electron chi connectivity index (χ2n) is 1.91. The highest BCUT2D eigenvalue weighted by molar-refractivity contribution is 9.10. The normalized spacial score (nSPS) is 9.42. The molecule has 0 unspecified atom stereocenters. The van der Waals surface area contributed by atoms with Crippen LogP contribution in [0.3, 0.4) is 0 Å². The number of aldehydes is 1. The minimum absolute atomic E-state index is 0.0317. The first-order valence-electron chi connectivity index (χ1n) is 2.91. The van der Waals surface area contributed by atoms with E-state index >= 15 is 0 Å². The van der Waals surface area contributed by atoms with E-state index in [1.54, 1.807) is 0 Å². The summed E-state index contributed by atoms with van der Waals surface area (Å²) in [6.07, 6.45) is 0.455. The lowest BCUT2D eigenvalue weighted by Crippen LogP contribution is -1.95. The molecule has 0 N–H and O–H groups in total. The lowest BCUT2D eigenvalue weighted by molar-refractivity contribution is -0.389. The average molecular weight is 231 g/mol. The molecule has 12 heavy (non-hydrogen) atoms. The molecular formula is C6H3BrN2O3. The van der Waals surface area contributed by atoms with Gasteiger partial charge in [0.05, 0.1) is 4.47 Å². The Morgan fingerprint density at radius 2 is 2.25 bits per heavy atom. The number of rotatable bonds is 2. The van der Waals surface area contributed by atoms with E-state index in [-0.39, 0.29) is 11.5 Å². The van der Waals surface area contributed by atoms with Gasteiger partial charge in [-0.3, -0.25) is 4.79 Å². The van der Waals surface area contributed by atoms with Crippen LogP contribution < -0.4 is 0 Å². The molecule has 0 saturated heterocycles. The minimum Gasteiger partial charge on any atom is -0.358 e. The van der Waals surface area contributed by atoms with Crippen molar-refractivity contribution >= 4 is 28.0 Å². The predicted octanol–water partition coefficient (Wildman–Crippen LogP) is 1.56. The highest BCUT2D eigenvalue weighted by atomic mass is 79.9. The van der Waals surface area contributed by atoms with E-state index in [0.717, 1.165) is 0 Å². The lowest BCUT2D eigenvalue weighted by atomic mass is 10.4. The fourth-order valence-electron chi connectivity index (χ4n) is 0.631. The van der Waals surface area contributed by atoms with Gasteiger partial charge in [-0.1, -0.05) is 0 Å². The van der Waals surface area contributed by atoms with Crippen LogP contribution in [0, 0.1) is 10.1 Å². The van der Waals surface area contributed by atoms with Gasteiger partial charge >= 0.3 is 5.82 Å². The number of pyridine rings is 1. The van der Waals surface area contributed by atoms with Crippen LogP contribution in [-0.4, -0.2) is 16.2 Å². The summed E-state index contributed by atoms with van der Waals surface area (Å²) in [4.78, 5) is 23.3. The van der Waals surface area contributed by atoms with Crippen molar-refractivity contribution in [3.63, 3.8) is 0 Å². The number of aromatic nitrogens is 1. The monoisotopic (exact) mass is 230 g/mol. The largest absolute Gasteiger partial charge is 0.364 e. The Balaban J connectivity index is 3.22. The van der Waals surface area contributed by atoms with Gasteiger partial charge in [0.1, 0.15) is 0 Å². The topological polar surface area (TPSA) is 73.1 Å². The van der Waals surface area contributed by atoms with Gasteiger partial charge in [-0.2, -0.15) is 0 Å². The molecule has 1 rings (SSSR count). The van der Waals surface area contributed by atoms with Crippen LogP contribution in [0.25, 0.3) is 0 Å². The fourth-order valence-corrected chi connectivity index (χ4v) is 0.946. The van der Waals surface area contributed by atoms with Crippen molar-refractivity contribution in [3.8, 4) is 0 Å². The van der Waals surface area contributed by atoms with Crippen LogP contribution in [0.4, 0.5) is 5.82 Å². The molecule has 1 aromatic rings. The molecule has 0 atom stereocenters. The predicted molar refractivity (Wildman–Crippen MR) is 44.0 cm³/mol. The fraction of sp³-hybridized carbons (Fsp3) is 0. The Morgan fingerprint density at radius 3 is 2.75 bits per heavy atom. The van der Waals surface area contributed by atoms with Crippen LogP contribution in [0.2, 0.25) is 0 Å². The Labute approximate surface area is 75.7 Å². The second kappa shape index (κ2) is 3.40. The molecule has 0 saturated carbocycles. The van der Waals surface area contributed by atoms with Crippen molar-refractivity contribution in [3.05, 3.63) is 32.4 Å². The zero-order valence-electron chi connectivity index (χ0n) is 5.73. The molecule has 62 valence electrons. The summed E-state index contributed by atoms with van der Waals surface area (Å²) in [7, 11) is 0.